The number of rotatable bonds is 7. The smallest absolute Gasteiger partial charge is 0.224 e. The number of piperidine rings is 1. The van der Waals surface area contributed by atoms with Crippen molar-refractivity contribution in [2.45, 2.75) is 25.8 Å². The van der Waals surface area contributed by atoms with E-state index in [-0.39, 0.29) is 17.7 Å². The molecule has 164 valence electrons. The van der Waals surface area contributed by atoms with Crippen molar-refractivity contribution in [1.29, 1.82) is 0 Å². The van der Waals surface area contributed by atoms with Crippen LogP contribution in [0.15, 0.2) is 72.9 Å². The molecule has 2 amide bonds. The van der Waals surface area contributed by atoms with E-state index >= 15 is 0 Å². The normalized spacial score (nSPS) is 14.2. The van der Waals surface area contributed by atoms with Gasteiger partial charge in [0, 0.05) is 37.3 Å². The number of hydrogen-bond acceptors (Lipinski definition) is 4. The Labute approximate surface area is 188 Å². The number of nitrogens with two attached hydrogens (primary N) is 1. The lowest BCUT2D eigenvalue weighted by Crippen LogP contribution is -2.39. The highest BCUT2D eigenvalue weighted by Gasteiger charge is 2.25. The third-order valence-corrected chi connectivity index (χ3v) is 5.97. The summed E-state index contributed by atoms with van der Waals surface area (Å²) in [5.74, 6) is 0.545. The molecule has 0 atom stereocenters. The van der Waals surface area contributed by atoms with Gasteiger partial charge in [0.05, 0.1) is 6.42 Å². The summed E-state index contributed by atoms with van der Waals surface area (Å²) in [6.07, 6.45) is 3.55. The number of anilines is 1. The second kappa shape index (κ2) is 10.1. The molecule has 0 unspecified atom stereocenters. The molecule has 6 nitrogen and oxygen atoms in total. The molecular weight excluding hydrogens is 400 g/mol. The molecule has 0 saturated carbocycles. The van der Waals surface area contributed by atoms with Gasteiger partial charge in [-0.25, -0.2) is 4.98 Å². The molecule has 6 heteroatoms. The van der Waals surface area contributed by atoms with Crippen molar-refractivity contribution >= 4 is 17.6 Å². The first kappa shape index (κ1) is 21.6. The average molecular weight is 429 g/mol. The van der Waals surface area contributed by atoms with Gasteiger partial charge in [0.2, 0.25) is 11.8 Å². The van der Waals surface area contributed by atoms with E-state index in [9.17, 15) is 9.59 Å². The van der Waals surface area contributed by atoms with Crippen LogP contribution in [0.5, 0.6) is 0 Å². The van der Waals surface area contributed by atoms with Gasteiger partial charge in [0.25, 0.3) is 0 Å². The highest BCUT2D eigenvalue weighted by Crippen LogP contribution is 2.24. The van der Waals surface area contributed by atoms with Crippen molar-refractivity contribution in [3.8, 4) is 11.1 Å². The summed E-state index contributed by atoms with van der Waals surface area (Å²) in [5, 5.41) is 3.02. The predicted molar refractivity (Wildman–Crippen MR) is 126 cm³/mol. The van der Waals surface area contributed by atoms with Crippen LogP contribution in [0.3, 0.4) is 0 Å². The minimum atomic E-state index is -0.227. The first-order valence-corrected chi connectivity index (χ1v) is 11.0. The molecule has 3 N–H and O–H groups in total. The van der Waals surface area contributed by atoms with E-state index in [4.69, 9.17) is 5.73 Å². The molecule has 0 aliphatic carbocycles. The lowest BCUT2D eigenvalue weighted by molar-refractivity contribution is -0.122. The third kappa shape index (κ3) is 5.32. The monoisotopic (exact) mass is 428 g/mol. The zero-order chi connectivity index (χ0) is 22.3. The highest BCUT2D eigenvalue weighted by atomic mass is 16.2. The average Bonchev–Trinajstić information content (AvgIpc) is 2.84. The third-order valence-electron chi connectivity index (χ3n) is 5.97. The second-order valence-electron chi connectivity index (χ2n) is 8.17. The molecule has 32 heavy (non-hydrogen) atoms. The number of carbonyl (C=O) groups excluding carboxylic acids is 2. The number of carbonyl (C=O) groups is 2. The number of primary amides is 1. The van der Waals surface area contributed by atoms with Gasteiger partial charge < -0.3 is 16.0 Å². The number of benzene rings is 2. The fraction of sp³-hybridized carbons (Fsp3) is 0.269. The Balaban J connectivity index is 1.33. The molecule has 3 aromatic rings. The molecule has 4 rings (SSSR count). The summed E-state index contributed by atoms with van der Waals surface area (Å²) < 4.78 is 0. The van der Waals surface area contributed by atoms with Gasteiger partial charge in [0.15, 0.2) is 0 Å². The van der Waals surface area contributed by atoms with Crippen LogP contribution >= 0.6 is 0 Å². The summed E-state index contributed by atoms with van der Waals surface area (Å²) in [5.41, 5.74) is 9.68. The first-order valence-electron chi connectivity index (χ1n) is 11.0. The van der Waals surface area contributed by atoms with Crippen LogP contribution in [0.2, 0.25) is 0 Å². The Morgan fingerprint density at radius 2 is 1.62 bits per heavy atom. The predicted octanol–water partition coefficient (Wildman–Crippen LogP) is 3.31. The molecule has 1 aliphatic rings. The van der Waals surface area contributed by atoms with Gasteiger partial charge in [-0.05, 0) is 35.6 Å². The lowest BCUT2D eigenvalue weighted by atomic mass is 9.96. The van der Waals surface area contributed by atoms with Crippen molar-refractivity contribution < 1.29 is 9.59 Å². The van der Waals surface area contributed by atoms with E-state index in [0.717, 1.165) is 54.0 Å². The minimum Gasteiger partial charge on any atom is -0.369 e. The lowest BCUT2D eigenvalue weighted by Gasteiger charge is -2.32. The van der Waals surface area contributed by atoms with Gasteiger partial charge in [-0.15, -0.1) is 0 Å². The van der Waals surface area contributed by atoms with Crippen LogP contribution in [0.4, 0.5) is 5.82 Å². The van der Waals surface area contributed by atoms with E-state index in [0.29, 0.717) is 13.0 Å². The van der Waals surface area contributed by atoms with Gasteiger partial charge in [-0.1, -0.05) is 60.7 Å². The zero-order valence-corrected chi connectivity index (χ0v) is 18.0. The number of aromatic nitrogens is 1. The zero-order valence-electron chi connectivity index (χ0n) is 18.0. The minimum absolute atomic E-state index is 0.0281. The first-order chi connectivity index (χ1) is 15.6. The molecule has 1 aliphatic heterocycles. The van der Waals surface area contributed by atoms with Gasteiger partial charge in [-0.3, -0.25) is 9.59 Å². The van der Waals surface area contributed by atoms with E-state index in [1.807, 2.05) is 54.6 Å². The Bertz CT molecular complexity index is 1060. The molecule has 2 heterocycles. The number of amides is 2. The van der Waals surface area contributed by atoms with Crippen molar-refractivity contribution in [3.05, 3.63) is 84.1 Å². The topological polar surface area (TPSA) is 88.3 Å². The number of pyridine rings is 1. The fourth-order valence-corrected chi connectivity index (χ4v) is 4.12. The maximum absolute atomic E-state index is 12.5. The summed E-state index contributed by atoms with van der Waals surface area (Å²) in [6.45, 7) is 1.89. The van der Waals surface area contributed by atoms with Crippen LogP contribution in [-0.2, 0) is 22.6 Å². The molecule has 1 fully saturated rings. The van der Waals surface area contributed by atoms with Crippen molar-refractivity contribution in [2.75, 3.05) is 18.0 Å². The number of nitrogens with one attached hydrogen (secondary N) is 1. The van der Waals surface area contributed by atoms with E-state index in [1.54, 1.807) is 6.20 Å². The highest BCUT2D eigenvalue weighted by molar-refractivity contribution is 5.79. The van der Waals surface area contributed by atoms with Crippen LogP contribution in [0.1, 0.15) is 24.0 Å². The molecule has 1 aromatic heterocycles. The van der Waals surface area contributed by atoms with Crippen LogP contribution in [-0.4, -0.2) is 29.9 Å². The molecule has 1 saturated heterocycles. The molecule has 0 spiro atoms. The van der Waals surface area contributed by atoms with Crippen molar-refractivity contribution in [1.82, 2.24) is 10.3 Å². The maximum atomic E-state index is 12.5. The van der Waals surface area contributed by atoms with E-state index in [1.165, 1.54) is 0 Å². The summed E-state index contributed by atoms with van der Waals surface area (Å²) >= 11 is 0. The van der Waals surface area contributed by atoms with Crippen LogP contribution < -0.4 is 16.0 Å². The Kier molecular flexibility index (Phi) is 6.80. The van der Waals surface area contributed by atoms with Crippen LogP contribution in [0, 0.1) is 5.92 Å². The summed E-state index contributed by atoms with van der Waals surface area (Å²) in [4.78, 5) is 30.7. The molecule has 2 aromatic carbocycles. The Hall–Kier alpha value is -3.67. The fourth-order valence-electron chi connectivity index (χ4n) is 4.12. The van der Waals surface area contributed by atoms with Gasteiger partial charge in [-0.2, -0.15) is 0 Å². The quantitative estimate of drug-likeness (QED) is 0.604. The Morgan fingerprint density at radius 3 is 2.31 bits per heavy atom. The van der Waals surface area contributed by atoms with E-state index < -0.39 is 0 Å². The second-order valence-corrected chi connectivity index (χ2v) is 8.17. The SMILES string of the molecule is NC(=O)C1CCN(c2ncccc2CNC(=O)Cc2ccc(-c3ccccc3)cc2)CC1. The van der Waals surface area contributed by atoms with E-state index in [2.05, 4.69) is 27.3 Å². The number of nitrogens with zero attached hydrogens (tertiary/aromatic N) is 2. The standard InChI is InChI=1S/C26H28N4O2/c27-25(32)22-12-15-30(16-13-22)26-23(7-4-14-28-26)18-29-24(31)17-19-8-10-21(11-9-19)20-5-2-1-3-6-20/h1-11,14,22H,12-13,15-18H2,(H2,27,32)(H,29,31). The van der Waals surface area contributed by atoms with Crippen LogP contribution in [0.25, 0.3) is 11.1 Å². The molecule has 0 bridgehead atoms. The molecular formula is C26H28N4O2. The summed E-state index contributed by atoms with van der Waals surface area (Å²) in [6, 6.07) is 22.1. The number of hydrogen-bond donors (Lipinski definition) is 2. The van der Waals surface area contributed by atoms with Gasteiger partial charge in [0.1, 0.15) is 5.82 Å². The molecule has 0 radical (unpaired) electrons. The van der Waals surface area contributed by atoms with Crippen molar-refractivity contribution in [2.24, 2.45) is 11.7 Å². The summed E-state index contributed by atoms with van der Waals surface area (Å²) in [7, 11) is 0. The largest absolute Gasteiger partial charge is 0.369 e. The van der Waals surface area contributed by atoms with Gasteiger partial charge >= 0.3 is 0 Å². The van der Waals surface area contributed by atoms with Crippen molar-refractivity contribution in [3.63, 3.8) is 0 Å². The Morgan fingerprint density at radius 1 is 0.938 bits per heavy atom. The maximum Gasteiger partial charge on any atom is 0.224 e.